The minimum absolute atomic E-state index is 0.00893. The molecule has 0 fully saturated rings. The van der Waals surface area contributed by atoms with Gasteiger partial charge in [-0.15, -0.1) is 0 Å². The second-order valence-corrected chi connectivity index (χ2v) is 3.59. The third-order valence-electron chi connectivity index (χ3n) is 2.10. The molecule has 0 aliphatic rings. The molecule has 0 unspecified atom stereocenters. The highest BCUT2D eigenvalue weighted by Gasteiger charge is 2.31. The molecule has 0 bridgehead atoms. The van der Waals surface area contributed by atoms with E-state index in [-0.39, 0.29) is 18.8 Å². The van der Waals surface area contributed by atoms with Gasteiger partial charge in [0.1, 0.15) is 12.4 Å². The lowest BCUT2D eigenvalue weighted by Gasteiger charge is -2.11. The van der Waals surface area contributed by atoms with Crippen LogP contribution in [0.5, 0.6) is 0 Å². The van der Waals surface area contributed by atoms with E-state index >= 15 is 0 Å². The normalized spacial score (nSPS) is 11.9. The van der Waals surface area contributed by atoms with E-state index in [0.29, 0.717) is 6.07 Å². The summed E-state index contributed by atoms with van der Waals surface area (Å²) in [6, 6.07) is 2.03. The first-order valence-corrected chi connectivity index (χ1v) is 5.27. The molecular formula is C11H11F6NO. The van der Waals surface area contributed by atoms with Gasteiger partial charge in [-0.3, -0.25) is 0 Å². The van der Waals surface area contributed by atoms with E-state index in [2.05, 4.69) is 10.1 Å². The van der Waals surface area contributed by atoms with Crippen molar-refractivity contribution in [2.45, 2.75) is 12.6 Å². The molecule has 0 aliphatic carbocycles. The molecule has 0 atom stereocenters. The summed E-state index contributed by atoms with van der Waals surface area (Å²) in [5.41, 5.74) is -1.24. The molecule has 0 radical (unpaired) electrons. The zero-order chi connectivity index (χ0) is 14.5. The second-order valence-electron chi connectivity index (χ2n) is 3.59. The van der Waals surface area contributed by atoms with E-state index in [9.17, 15) is 26.3 Å². The van der Waals surface area contributed by atoms with Crippen molar-refractivity contribution < 1.29 is 31.1 Å². The Hall–Kier alpha value is -1.44. The standard InChI is InChI=1S/C11H11F6NO/c12-8-5-7(11(15,16)17)1-2-9(8)18-3-4-19-6-10(13)14/h1-2,5,10,18H,3-4,6H2. The Morgan fingerprint density at radius 1 is 1.21 bits per heavy atom. The zero-order valence-corrected chi connectivity index (χ0v) is 9.61. The summed E-state index contributed by atoms with van der Waals surface area (Å²) in [6.07, 6.45) is -7.21. The van der Waals surface area contributed by atoms with Crippen molar-refractivity contribution in [2.75, 3.05) is 25.1 Å². The van der Waals surface area contributed by atoms with Gasteiger partial charge in [0.2, 0.25) is 0 Å². The quantitative estimate of drug-likeness (QED) is 0.638. The van der Waals surface area contributed by atoms with Crippen LogP contribution >= 0.6 is 0 Å². The topological polar surface area (TPSA) is 21.3 Å². The molecule has 0 aromatic heterocycles. The molecule has 0 aliphatic heterocycles. The monoisotopic (exact) mass is 287 g/mol. The van der Waals surface area contributed by atoms with Gasteiger partial charge in [0, 0.05) is 6.54 Å². The number of nitrogens with one attached hydrogen (secondary N) is 1. The van der Waals surface area contributed by atoms with Crippen LogP contribution in [0.2, 0.25) is 0 Å². The van der Waals surface area contributed by atoms with E-state index in [4.69, 9.17) is 0 Å². The Balaban J connectivity index is 2.47. The molecular weight excluding hydrogens is 276 g/mol. The van der Waals surface area contributed by atoms with Gasteiger partial charge in [0.05, 0.1) is 17.9 Å². The number of rotatable bonds is 6. The third-order valence-corrected chi connectivity index (χ3v) is 2.10. The maximum absolute atomic E-state index is 13.3. The molecule has 19 heavy (non-hydrogen) atoms. The zero-order valence-electron chi connectivity index (χ0n) is 9.61. The largest absolute Gasteiger partial charge is 0.416 e. The van der Waals surface area contributed by atoms with Crippen molar-refractivity contribution in [1.82, 2.24) is 0 Å². The van der Waals surface area contributed by atoms with Gasteiger partial charge < -0.3 is 10.1 Å². The maximum Gasteiger partial charge on any atom is 0.416 e. The predicted octanol–water partition coefficient (Wildman–Crippen LogP) is 3.54. The van der Waals surface area contributed by atoms with Crippen molar-refractivity contribution in [2.24, 2.45) is 0 Å². The van der Waals surface area contributed by atoms with Crippen LogP contribution < -0.4 is 5.32 Å². The Morgan fingerprint density at radius 3 is 2.42 bits per heavy atom. The van der Waals surface area contributed by atoms with Crippen LogP contribution in [0, 0.1) is 5.82 Å². The van der Waals surface area contributed by atoms with E-state index in [1.54, 1.807) is 0 Å². The molecule has 1 rings (SSSR count). The fourth-order valence-electron chi connectivity index (χ4n) is 1.27. The first-order valence-electron chi connectivity index (χ1n) is 5.27. The van der Waals surface area contributed by atoms with Gasteiger partial charge >= 0.3 is 6.18 Å². The number of ether oxygens (including phenoxy) is 1. The summed E-state index contributed by atoms with van der Waals surface area (Å²) >= 11 is 0. The molecule has 2 nitrogen and oxygen atoms in total. The Morgan fingerprint density at radius 2 is 1.89 bits per heavy atom. The molecule has 0 amide bonds. The lowest BCUT2D eigenvalue weighted by Crippen LogP contribution is -2.14. The first kappa shape index (κ1) is 15.6. The van der Waals surface area contributed by atoms with E-state index in [0.717, 1.165) is 12.1 Å². The molecule has 0 saturated carbocycles. The van der Waals surface area contributed by atoms with Gasteiger partial charge in [-0.05, 0) is 18.2 Å². The van der Waals surface area contributed by atoms with Gasteiger partial charge in [-0.2, -0.15) is 13.2 Å². The second kappa shape index (κ2) is 6.65. The number of hydrogen-bond donors (Lipinski definition) is 1. The summed E-state index contributed by atoms with van der Waals surface area (Å²) < 4.78 is 77.9. The minimum Gasteiger partial charge on any atom is -0.380 e. The molecule has 0 spiro atoms. The van der Waals surface area contributed by atoms with Crippen LogP contribution in [0.15, 0.2) is 18.2 Å². The van der Waals surface area contributed by atoms with E-state index < -0.39 is 30.6 Å². The molecule has 0 heterocycles. The summed E-state index contributed by atoms with van der Waals surface area (Å²) in [5, 5.41) is 2.45. The number of halogens is 6. The maximum atomic E-state index is 13.3. The van der Waals surface area contributed by atoms with Gasteiger partial charge in [-0.1, -0.05) is 0 Å². The van der Waals surface area contributed by atoms with Gasteiger partial charge in [0.25, 0.3) is 6.43 Å². The van der Waals surface area contributed by atoms with Crippen LogP contribution in [0.1, 0.15) is 5.56 Å². The highest BCUT2D eigenvalue weighted by atomic mass is 19.4. The Kier molecular flexibility index (Phi) is 5.46. The van der Waals surface area contributed by atoms with Gasteiger partial charge in [-0.25, -0.2) is 13.2 Å². The van der Waals surface area contributed by atoms with Crippen molar-refractivity contribution in [3.63, 3.8) is 0 Å². The van der Waals surface area contributed by atoms with Crippen molar-refractivity contribution in [1.29, 1.82) is 0 Å². The Bertz CT molecular complexity index is 407. The van der Waals surface area contributed by atoms with Crippen LogP contribution in [0.25, 0.3) is 0 Å². The SMILES string of the molecule is Fc1cc(C(F)(F)F)ccc1NCCOCC(F)F. The summed E-state index contributed by atoms with van der Waals surface area (Å²) in [4.78, 5) is 0. The number of benzene rings is 1. The lowest BCUT2D eigenvalue weighted by molar-refractivity contribution is -0.137. The minimum atomic E-state index is -4.61. The van der Waals surface area contributed by atoms with Crippen LogP contribution in [-0.2, 0) is 10.9 Å². The number of hydrogen-bond acceptors (Lipinski definition) is 2. The van der Waals surface area contributed by atoms with Crippen molar-refractivity contribution in [3.05, 3.63) is 29.6 Å². The van der Waals surface area contributed by atoms with Crippen LogP contribution in [0.3, 0.4) is 0 Å². The molecule has 1 N–H and O–H groups in total. The molecule has 0 saturated heterocycles. The van der Waals surface area contributed by atoms with E-state index in [1.807, 2.05) is 0 Å². The first-order chi connectivity index (χ1) is 8.80. The lowest BCUT2D eigenvalue weighted by atomic mass is 10.2. The predicted molar refractivity (Wildman–Crippen MR) is 56.7 cm³/mol. The molecule has 1 aromatic rings. The number of anilines is 1. The fraction of sp³-hybridized carbons (Fsp3) is 0.455. The average Bonchev–Trinajstić information content (AvgIpc) is 2.28. The summed E-state index contributed by atoms with van der Waals surface area (Å²) in [5.74, 6) is -1.07. The molecule has 108 valence electrons. The highest BCUT2D eigenvalue weighted by Crippen LogP contribution is 2.31. The molecule has 8 heteroatoms. The number of alkyl halides is 5. The summed E-state index contributed by atoms with van der Waals surface area (Å²) in [7, 11) is 0. The molecule has 1 aromatic carbocycles. The summed E-state index contributed by atoms with van der Waals surface area (Å²) in [6.45, 7) is -0.836. The third kappa shape index (κ3) is 5.37. The fourth-order valence-corrected chi connectivity index (χ4v) is 1.27. The van der Waals surface area contributed by atoms with Gasteiger partial charge in [0.15, 0.2) is 0 Å². The Labute approximate surface area is 105 Å². The average molecular weight is 287 g/mol. The van der Waals surface area contributed by atoms with Crippen molar-refractivity contribution >= 4 is 5.69 Å². The van der Waals surface area contributed by atoms with Crippen LogP contribution in [0.4, 0.5) is 32.0 Å². The highest BCUT2D eigenvalue weighted by molar-refractivity contribution is 5.46. The van der Waals surface area contributed by atoms with Crippen LogP contribution in [-0.4, -0.2) is 26.2 Å². The van der Waals surface area contributed by atoms with E-state index in [1.165, 1.54) is 0 Å². The van der Waals surface area contributed by atoms with Crippen molar-refractivity contribution in [3.8, 4) is 0 Å². The smallest absolute Gasteiger partial charge is 0.380 e.